The van der Waals surface area contributed by atoms with Gasteiger partial charge in [0.05, 0.1) is 12.1 Å². The second-order valence-corrected chi connectivity index (χ2v) is 6.95. The first-order valence-electron chi connectivity index (χ1n) is 7.51. The van der Waals surface area contributed by atoms with E-state index in [2.05, 4.69) is 23.6 Å². The molecule has 3 rings (SSSR count). The van der Waals surface area contributed by atoms with Crippen LogP contribution in [-0.2, 0) is 12.8 Å². The Labute approximate surface area is 130 Å². The number of rotatable bonds is 5. The largest absolute Gasteiger partial charge is 0.491 e. The first kappa shape index (κ1) is 14.6. The molecule has 1 aromatic heterocycles. The van der Waals surface area contributed by atoms with Crippen molar-refractivity contribution >= 4 is 11.3 Å². The van der Waals surface area contributed by atoms with Gasteiger partial charge in [-0.1, -0.05) is 12.1 Å². The fraction of sp³-hybridized carbons (Fsp3) is 0.412. The first-order valence-corrected chi connectivity index (χ1v) is 8.33. The number of hydrazine groups is 1. The van der Waals surface area contributed by atoms with Crippen molar-refractivity contribution < 1.29 is 4.74 Å². The Bertz CT molecular complexity index is 582. The fourth-order valence-electron chi connectivity index (χ4n) is 2.85. The molecule has 1 aliphatic carbocycles. The third-order valence-electron chi connectivity index (χ3n) is 3.80. The van der Waals surface area contributed by atoms with Gasteiger partial charge in [-0.2, -0.15) is 0 Å². The van der Waals surface area contributed by atoms with Gasteiger partial charge in [0.15, 0.2) is 0 Å². The average molecular weight is 302 g/mol. The van der Waals surface area contributed by atoms with Gasteiger partial charge in [-0.25, -0.2) is 5.43 Å². The number of nitrogens with two attached hydrogens (primary N) is 1. The Balaban J connectivity index is 1.82. The van der Waals surface area contributed by atoms with Gasteiger partial charge in [-0.15, -0.1) is 11.3 Å². The molecule has 0 saturated carbocycles. The second kappa shape index (κ2) is 6.18. The lowest BCUT2D eigenvalue weighted by Gasteiger charge is -2.16. The minimum atomic E-state index is 0.0636. The molecule has 4 heteroatoms. The predicted molar refractivity (Wildman–Crippen MR) is 87.7 cm³/mol. The highest BCUT2D eigenvalue weighted by atomic mass is 32.1. The van der Waals surface area contributed by atoms with Crippen LogP contribution in [0.4, 0.5) is 0 Å². The van der Waals surface area contributed by atoms with Crippen LogP contribution >= 0.6 is 11.3 Å². The first-order chi connectivity index (χ1) is 10.2. The smallest absolute Gasteiger partial charge is 0.119 e. The predicted octanol–water partition coefficient (Wildman–Crippen LogP) is 3.58. The van der Waals surface area contributed by atoms with Crippen LogP contribution in [0.25, 0.3) is 0 Å². The lowest BCUT2D eigenvalue weighted by atomic mass is 10.0. The third-order valence-corrected chi connectivity index (χ3v) is 5.10. The van der Waals surface area contributed by atoms with E-state index in [9.17, 15) is 0 Å². The lowest BCUT2D eigenvalue weighted by molar-refractivity contribution is 0.242. The van der Waals surface area contributed by atoms with Crippen LogP contribution in [0.15, 0.2) is 30.3 Å². The highest BCUT2D eigenvalue weighted by Gasteiger charge is 2.20. The van der Waals surface area contributed by atoms with Crippen molar-refractivity contribution in [1.82, 2.24) is 5.43 Å². The molecule has 1 atom stereocenters. The molecule has 112 valence electrons. The molecule has 3 nitrogen and oxygen atoms in total. The van der Waals surface area contributed by atoms with Crippen molar-refractivity contribution in [3.63, 3.8) is 0 Å². The minimum absolute atomic E-state index is 0.0636. The van der Waals surface area contributed by atoms with Gasteiger partial charge in [-0.3, -0.25) is 5.84 Å². The summed E-state index contributed by atoms with van der Waals surface area (Å²) in [5, 5.41) is 0. The zero-order chi connectivity index (χ0) is 14.8. The Morgan fingerprint density at radius 1 is 1.19 bits per heavy atom. The Hall–Kier alpha value is -1.36. The summed E-state index contributed by atoms with van der Waals surface area (Å²) in [6.45, 7) is 4.07. The lowest BCUT2D eigenvalue weighted by Crippen LogP contribution is -2.28. The molecule has 1 heterocycles. The van der Waals surface area contributed by atoms with Gasteiger partial charge < -0.3 is 4.74 Å². The second-order valence-electron chi connectivity index (χ2n) is 5.79. The number of aryl methyl sites for hydroxylation is 2. The van der Waals surface area contributed by atoms with E-state index in [0.29, 0.717) is 0 Å². The van der Waals surface area contributed by atoms with Crippen molar-refractivity contribution in [2.75, 3.05) is 0 Å². The van der Waals surface area contributed by atoms with Gasteiger partial charge in [-0.05, 0) is 62.4 Å². The number of benzene rings is 1. The monoisotopic (exact) mass is 302 g/mol. The Morgan fingerprint density at radius 2 is 1.95 bits per heavy atom. The van der Waals surface area contributed by atoms with Crippen LogP contribution in [-0.4, -0.2) is 6.10 Å². The van der Waals surface area contributed by atoms with Gasteiger partial charge in [0.2, 0.25) is 0 Å². The number of hydrogen-bond donors (Lipinski definition) is 2. The third kappa shape index (κ3) is 3.12. The summed E-state index contributed by atoms with van der Waals surface area (Å²) in [6.07, 6.45) is 3.92. The molecular weight excluding hydrogens is 280 g/mol. The summed E-state index contributed by atoms with van der Waals surface area (Å²) in [5.74, 6) is 6.70. The van der Waals surface area contributed by atoms with Crippen LogP contribution < -0.4 is 16.0 Å². The van der Waals surface area contributed by atoms with Crippen molar-refractivity contribution in [3.8, 4) is 5.75 Å². The summed E-state index contributed by atoms with van der Waals surface area (Å²) < 4.78 is 5.69. The molecule has 0 saturated heterocycles. The standard InChI is InChI=1S/C17H22N2OS/c1-11(2)20-14-8-6-12(7-9-14)17(19-18)16-10-13-4-3-5-15(13)21-16/h6-11,17,19H,3-5,18H2,1-2H3. The van der Waals surface area contributed by atoms with Crippen molar-refractivity contribution in [3.05, 3.63) is 51.2 Å². The molecule has 3 N–H and O–H groups in total. The van der Waals surface area contributed by atoms with Crippen LogP contribution in [0, 0.1) is 0 Å². The van der Waals surface area contributed by atoms with E-state index in [1.54, 1.807) is 0 Å². The average Bonchev–Trinajstić information content (AvgIpc) is 3.02. The highest BCUT2D eigenvalue weighted by molar-refractivity contribution is 7.12. The van der Waals surface area contributed by atoms with E-state index in [4.69, 9.17) is 10.6 Å². The summed E-state index contributed by atoms with van der Waals surface area (Å²) in [5.41, 5.74) is 5.64. The van der Waals surface area contributed by atoms with Gasteiger partial charge >= 0.3 is 0 Å². The topological polar surface area (TPSA) is 47.3 Å². The Morgan fingerprint density at radius 3 is 2.57 bits per heavy atom. The van der Waals surface area contributed by atoms with Crippen LogP contribution in [0.5, 0.6) is 5.75 Å². The molecule has 0 bridgehead atoms. The molecule has 0 fully saturated rings. The van der Waals surface area contributed by atoms with Gasteiger partial charge in [0.1, 0.15) is 5.75 Å². The minimum Gasteiger partial charge on any atom is -0.491 e. The van der Waals surface area contributed by atoms with Crippen molar-refractivity contribution in [1.29, 1.82) is 0 Å². The molecule has 1 aliphatic rings. The maximum atomic E-state index is 5.80. The van der Waals surface area contributed by atoms with Crippen molar-refractivity contribution in [2.45, 2.75) is 45.3 Å². The number of nitrogens with one attached hydrogen (secondary N) is 1. The van der Waals surface area contributed by atoms with E-state index in [1.165, 1.54) is 40.1 Å². The number of fused-ring (bicyclic) bond motifs is 1. The SMILES string of the molecule is CC(C)Oc1ccc(C(NN)c2cc3c(s2)CCC3)cc1. The number of hydrogen-bond acceptors (Lipinski definition) is 4. The maximum Gasteiger partial charge on any atom is 0.119 e. The molecular formula is C17H22N2OS. The van der Waals surface area contributed by atoms with E-state index < -0.39 is 0 Å². The highest BCUT2D eigenvalue weighted by Crippen LogP contribution is 2.36. The van der Waals surface area contributed by atoms with E-state index >= 15 is 0 Å². The summed E-state index contributed by atoms with van der Waals surface area (Å²) in [4.78, 5) is 2.84. The van der Waals surface area contributed by atoms with Crippen molar-refractivity contribution in [2.24, 2.45) is 5.84 Å². The van der Waals surface area contributed by atoms with E-state index in [-0.39, 0.29) is 12.1 Å². The number of ether oxygens (including phenoxy) is 1. The van der Waals surface area contributed by atoms with Crippen LogP contribution in [0.2, 0.25) is 0 Å². The Kier molecular flexibility index (Phi) is 4.29. The molecule has 0 amide bonds. The molecule has 0 radical (unpaired) electrons. The molecule has 1 aromatic carbocycles. The normalized spacial score (nSPS) is 15.2. The van der Waals surface area contributed by atoms with Gasteiger partial charge in [0, 0.05) is 9.75 Å². The maximum absolute atomic E-state index is 5.80. The molecule has 0 aliphatic heterocycles. The fourth-order valence-corrected chi connectivity index (χ4v) is 4.19. The zero-order valence-electron chi connectivity index (χ0n) is 12.6. The summed E-state index contributed by atoms with van der Waals surface area (Å²) in [6, 6.07) is 10.6. The molecule has 0 spiro atoms. The molecule has 2 aromatic rings. The number of thiophene rings is 1. The molecule has 1 unspecified atom stereocenters. The zero-order valence-corrected chi connectivity index (χ0v) is 13.4. The molecule has 21 heavy (non-hydrogen) atoms. The van der Waals surface area contributed by atoms with Crippen LogP contribution in [0.3, 0.4) is 0 Å². The van der Waals surface area contributed by atoms with E-state index in [0.717, 1.165) is 5.75 Å². The van der Waals surface area contributed by atoms with E-state index in [1.807, 2.05) is 37.3 Å². The summed E-state index contributed by atoms with van der Waals surface area (Å²) >= 11 is 1.89. The quantitative estimate of drug-likeness (QED) is 0.655. The summed E-state index contributed by atoms with van der Waals surface area (Å²) in [7, 11) is 0. The van der Waals surface area contributed by atoms with Gasteiger partial charge in [0.25, 0.3) is 0 Å². The van der Waals surface area contributed by atoms with Crippen LogP contribution in [0.1, 0.15) is 47.2 Å².